The molecule has 0 saturated carbocycles. The molecule has 2 aromatic carbocycles. The third-order valence-electron chi connectivity index (χ3n) is 6.09. The second-order valence-electron chi connectivity index (χ2n) is 8.35. The fourth-order valence-corrected chi connectivity index (χ4v) is 4.40. The molecule has 1 aromatic heterocycles. The molecule has 3 aromatic rings. The normalized spacial score (nSPS) is 19.4. The Morgan fingerprint density at radius 2 is 1.82 bits per heavy atom. The summed E-state index contributed by atoms with van der Waals surface area (Å²) in [4.78, 5) is 14.8. The standard InChI is InChI=1S/C26H26FN3O3/c27-22-11-8-19(9-12-22)25-20(18-30(28-25)23-6-2-1-3-7-23)10-13-24(31)29-14-4-5-21(17-29)26-32-15-16-33-26/h1-3,6-13,18,21,26H,4-5,14-17H2/b13-10+. The van der Waals surface area contributed by atoms with Crippen molar-refractivity contribution in [3.63, 3.8) is 0 Å². The van der Waals surface area contributed by atoms with Crippen molar-refractivity contribution in [3.8, 4) is 16.9 Å². The van der Waals surface area contributed by atoms with E-state index in [4.69, 9.17) is 14.6 Å². The zero-order valence-corrected chi connectivity index (χ0v) is 18.3. The summed E-state index contributed by atoms with van der Waals surface area (Å²) in [7, 11) is 0. The average Bonchev–Trinajstić information content (AvgIpc) is 3.54. The monoisotopic (exact) mass is 447 g/mol. The van der Waals surface area contributed by atoms with Crippen LogP contribution in [0.15, 0.2) is 66.9 Å². The zero-order chi connectivity index (χ0) is 22.6. The van der Waals surface area contributed by atoms with E-state index in [-0.39, 0.29) is 23.9 Å². The number of ether oxygens (including phenoxy) is 2. The van der Waals surface area contributed by atoms with Crippen LogP contribution < -0.4 is 0 Å². The molecule has 1 unspecified atom stereocenters. The number of rotatable bonds is 5. The molecule has 170 valence electrons. The number of carbonyl (C=O) groups excluding carboxylic acids is 1. The van der Waals surface area contributed by atoms with E-state index < -0.39 is 0 Å². The van der Waals surface area contributed by atoms with Crippen LogP contribution in [0.3, 0.4) is 0 Å². The van der Waals surface area contributed by atoms with E-state index in [0.29, 0.717) is 25.5 Å². The molecule has 2 saturated heterocycles. The molecular weight excluding hydrogens is 421 g/mol. The molecule has 33 heavy (non-hydrogen) atoms. The number of likely N-dealkylation sites (tertiary alicyclic amines) is 1. The van der Waals surface area contributed by atoms with E-state index in [9.17, 15) is 9.18 Å². The lowest BCUT2D eigenvalue weighted by molar-refractivity contribution is -0.134. The number of piperidine rings is 1. The van der Waals surface area contributed by atoms with Gasteiger partial charge in [0.15, 0.2) is 6.29 Å². The van der Waals surface area contributed by atoms with Gasteiger partial charge in [-0.1, -0.05) is 18.2 Å². The predicted octanol–water partition coefficient (Wildman–Crippen LogP) is 4.30. The number of hydrogen-bond acceptors (Lipinski definition) is 4. The van der Waals surface area contributed by atoms with Gasteiger partial charge in [-0.2, -0.15) is 5.10 Å². The molecule has 1 amide bonds. The van der Waals surface area contributed by atoms with Crippen LogP contribution in [-0.2, 0) is 14.3 Å². The largest absolute Gasteiger partial charge is 0.350 e. The maximum Gasteiger partial charge on any atom is 0.246 e. The van der Waals surface area contributed by atoms with Crippen molar-refractivity contribution in [2.24, 2.45) is 5.92 Å². The quantitative estimate of drug-likeness (QED) is 0.547. The maximum absolute atomic E-state index is 13.5. The van der Waals surface area contributed by atoms with Crippen LogP contribution in [0, 0.1) is 11.7 Å². The van der Waals surface area contributed by atoms with Crippen molar-refractivity contribution in [3.05, 3.63) is 78.3 Å². The van der Waals surface area contributed by atoms with Gasteiger partial charge in [-0.25, -0.2) is 9.07 Å². The van der Waals surface area contributed by atoms with Gasteiger partial charge in [0.05, 0.1) is 24.6 Å². The number of aromatic nitrogens is 2. The second-order valence-corrected chi connectivity index (χ2v) is 8.35. The van der Waals surface area contributed by atoms with Gasteiger partial charge in [-0.3, -0.25) is 4.79 Å². The van der Waals surface area contributed by atoms with E-state index in [2.05, 4.69) is 0 Å². The van der Waals surface area contributed by atoms with E-state index in [1.54, 1.807) is 29.0 Å². The number of carbonyl (C=O) groups is 1. The third-order valence-corrected chi connectivity index (χ3v) is 6.09. The molecule has 2 aliphatic rings. The van der Waals surface area contributed by atoms with Gasteiger partial charge in [-0.05, 0) is 55.3 Å². The minimum absolute atomic E-state index is 0.0461. The highest BCUT2D eigenvalue weighted by Gasteiger charge is 2.32. The van der Waals surface area contributed by atoms with Gasteiger partial charge in [0.1, 0.15) is 5.82 Å². The minimum atomic E-state index is -0.302. The summed E-state index contributed by atoms with van der Waals surface area (Å²) in [6.07, 6.45) is 6.99. The Hall–Kier alpha value is -3.29. The Morgan fingerprint density at radius 1 is 1.06 bits per heavy atom. The predicted molar refractivity (Wildman–Crippen MR) is 123 cm³/mol. The van der Waals surface area contributed by atoms with Crippen molar-refractivity contribution in [1.82, 2.24) is 14.7 Å². The Balaban J connectivity index is 1.38. The number of hydrogen-bond donors (Lipinski definition) is 0. The van der Waals surface area contributed by atoms with E-state index in [1.807, 2.05) is 41.4 Å². The average molecular weight is 448 g/mol. The fourth-order valence-electron chi connectivity index (χ4n) is 4.40. The number of halogens is 1. The van der Waals surface area contributed by atoms with Gasteiger partial charge < -0.3 is 14.4 Å². The first-order valence-electron chi connectivity index (χ1n) is 11.3. The van der Waals surface area contributed by atoms with Crippen LogP contribution in [0.5, 0.6) is 0 Å². The molecule has 0 bridgehead atoms. The van der Waals surface area contributed by atoms with Crippen molar-refractivity contribution < 1.29 is 18.7 Å². The lowest BCUT2D eigenvalue weighted by Gasteiger charge is -2.34. The Bertz CT molecular complexity index is 1120. The summed E-state index contributed by atoms with van der Waals surface area (Å²) in [5.74, 6) is -0.146. The molecule has 7 heteroatoms. The summed E-state index contributed by atoms with van der Waals surface area (Å²) < 4.78 is 26.5. The molecule has 0 aliphatic carbocycles. The third kappa shape index (κ3) is 4.89. The first-order chi connectivity index (χ1) is 16.2. The van der Waals surface area contributed by atoms with E-state index in [0.717, 1.165) is 36.2 Å². The van der Waals surface area contributed by atoms with Crippen LogP contribution >= 0.6 is 0 Å². The fraction of sp³-hybridized carbons (Fsp3) is 0.308. The van der Waals surface area contributed by atoms with Crippen LogP contribution in [0.2, 0.25) is 0 Å². The minimum Gasteiger partial charge on any atom is -0.350 e. The molecule has 3 heterocycles. The topological polar surface area (TPSA) is 56.6 Å². The van der Waals surface area contributed by atoms with Gasteiger partial charge in [0.25, 0.3) is 0 Å². The van der Waals surface area contributed by atoms with Gasteiger partial charge >= 0.3 is 0 Å². The molecule has 0 spiro atoms. The van der Waals surface area contributed by atoms with Crippen LogP contribution in [-0.4, -0.2) is 53.2 Å². The van der Waals surface area contributed by atoms with Gasteiger partial charge in [0, 0.05) is 42.4 Å². The van der Waals surface area contributed by atoms with Crippen molar-refractivity contribution in [2.45, 2.75) is 19.1 Å². The summed E-state index contributed by atoms with van der Waals surface area (Å²) in [5, 5.41) is 4.72. The van der Waals surface area contributed by atoms with E-state index >= 15 is 0 Å². The molecule has 6 nitrogen and oxygen atoms in total. The molecule has 1 atom stereocenters. The second kappa shape index (κ2) is 9.68. The Morgan fingerprint density at radius 3 is 2.58 bits per heavy atom. The molecular formula is C26H26FN3O3. The molecule has 2 fully saturated rings. The highest BCUT2D eigenvalue weighted by Crippen LogP contribution is 2.27. The molecule has 5 rings (SSSR count). The number of amides is 1. The number of benzene rings is 2. The summed E-state index contributed by atoms with van der Waals surface area (Å²) in [6, 6.07) is 16.0. The van der Waals surface area contributed by atoms with Crippen molar-refractivity contribution >= 4 is 12.0 Å². The first-order valence-corrected chi connectivity index (χ1v) is 11.3. The summed E-state index contributed by atoms with van der Waals surface area (Å²) >= 11 is 0. The Labute approximate surface area is 192 Å². The smallest absolute Gasteiger partial charge is 0.246 e. The summed E-state index contributed by atoms with van der Waals surface area (Å²) in [6.45, 7) is 2.58. The van der Waals surface area contributed by atoms with Gasteiger partial charge in [0.2, 0.25) is 5.91 Å². The van der Waals surface area contributed by atoms with Crippen LogP contribution in [0.1, 0.15) is 18.4 Å². The molecule has 0 N–H and O–H groups in total. The van der Waals surface area contributed by atoms with E-state index in [1.165, 1.54) is 12.1 Å². The molecule has 2 aliphatic heterocycles. The SMILES string of the molecule is O=C(/C=C/c1cn(-c2ccccc2)nc1-c1ccc(F)cc1)N1CCCC(C2OCCO2)C1. The van der Waals surface area contributed by atoms with Crippen LogP contribution in [0.4, 0.5) is 4.39 Å². The lowest BCUT2D eigenvalue weighted by atomic mass is 9.97. The van der Waals surface area contributed by atoms with Crippen LogP contribution in [0.25, 0.3) is 23.0 Å². The number of para-hydroxylation sites is 1. The first kappa shape index (κ1) is 21.6. The van der Waals surface area contributed by atoms with Gasteiger partial charge in [-0.15, -0.1) is 0 Å². The van der Waals surface area contributed by atoms with Crippen molar-refractivity contribution in [2.75, 3.05) is 26.3 Å². The number of nitrogens with zero attached hydrogens (tertiary/aromatic N) is 3. The van der Waals surface area contributed by atoms with Crippen molar-refractivity contribution in [1.29, 1.82) is 0 Å². The molecule has 0 radical (unpaired) electrons. The highest BCUT2D eigenvalue weighted by molar-refractivity contribution is 5.93. The zero-order valence-electron chi connectivity index (χ0n) is 18.3. The lowest BCUT2D eigenvalue weighted by Crippen LogP contribution is -2.43. The Kier molecular flexibility index (Phi) is 6.32. The maximum atomic E-state index is 13.5. The highest BCUT2D eigenvalue weighted by atomic mass is 19.1. The summed E-state index contributed by atoms with van der Waals surface area (Å²) in [5.41, 5.74) is 3.16.